The number of imidazole rings is 1. The van der Waals surface area contributed by atoms with Crippen LogP contribution in [-0.2, 0) is 16.8 Å². The molecule has 0 saturated carbocycles. The van der Waals surface area contributed by atoms with Gasteiger partial charge in [0.25, 0.3) is 0 Å². The van der Waals surface area contributed by atoms with Gasteiger partial charge in [-0.25, -0.2) is 9.78 Å². The maximum absolute atomic E-state index is 12.9. The van der Waals surface area contributed by atoms with Gasteiger partial charge in [0.1, 0.15) is 23.9 Å². The first kappa shape index (κ1) is 23.8. The maximum Gasteiger partial charge on any atom is 0.410 e. The van der Waals surface area contributed by atoms with Gasteiger partial charge < -0.3 is 14.5 Å². The second-order valence-corrected chi connectivity index (χ2v) is 11.1. The lowest BCUT2D eigenvalue weighted by atomic mass is 9.75. The number of halogens is 1. The van der Waals surface area contributed by atoms with E-state index in [2.05, 4.69) is 57.9 Å². The molecule has 37 heavy (non-hydrogen) atoms. The fraction of sp³-hybridized carbons (Fsp3) is 0.267. The summed E-state index contributed by atoms with van der Waals surface area (Å²) in [5, 5.41) is 0. The van der Waals surface area contributed by atoms with Gasteiger partial charge in [-0.3, -0.25) is 4.90 Å². The fourth-order valence-electron chi connectivity index (χ4n) is 5.38. The number of benzene rings is 3. The molecule has 1 atom stereocenters. The van der Waals surface area contributed by atoms with Crippen LogP contribution in [0.4, 0.5) is 4.79 Å². The number of carbonyl (C=O) groups is 1. The number of amides is 1. The normalized spacial score (nSPS) is 17.6. The standard InChI is InChI=1S/C30H28BrN3O3/c1-30(2)22-12-11-21(31)16-27(22)37-26-13-10-20(15-23(26)30)28-32-17-24(33-28)25-9-6-14-34(25)29(35)36-18-19-7-4-3-5-8-19/h3-5,7-8,10-13,15-17,25H,6,9,14,18H2,1-2H3,(H,32,33)/t25-/m0/s1. The molecular formula is C30H28BrN3O3. The van der Waals surface area contributed by atoms with E-state index in [9.17, 15) is 4.79 Å². The van der Waals surface area contributed by atoms with Gasteiger partial charge in [0, 0.05) is 33.1 Å². The number of nitrogens with one attached hydrogen (secondary N) is 1. The minimum Gasteiger partial charge on any atom is -0.457 e. The Morgan fingerprint density at radius 1 is 1.11 bits per heavy atom. The molecule has 2 aliphatic heterocycles. The van der Waals surface area contributed by atoms with Crippen molar-refractivity contribution in [1.82, 2.24) is 14.9 Å². The Hall–Kier alpha value is -3.58. The van der Waals surface area contributed by atoms with Crippen LogP contribution in [0.1, 0.15) is 55.1 Å². The first-order valence-electron chi connectivity index (χ1n) is 12.5. The predicted octanol–water partition coefficient (Wildman–Crippen LogP) is 7.74. The van der Waals surface area contributed by atoms with Crippen molar-refractivity contribution in [3.8, 4) is 22.9 Å². The highest BCUT2D eigenvalue weighted by Gasteiger charge is 2.35. The van der Waals surface area contributed by atoms with Crippen LogP contribution in [0, 0.1) is 0 Å². The Kier molecular flexibility index (Phi) is 6.03. The summed E-state index contributed by atoms with van der Waals surface area (Å²) in [7, 11) is 0. The summed E-state index contributed by atoms with van der Waals surface area (Å²) in [5.74, 6) is 2.51. The van der Waals surface area contributed by atoms with E-state index in [4.69, 9.17) is 9.47 Å². The van der Waals surface area contributed by atoms with Crippen LogP contribution < -0.4 is 4.74 Å². The van der Waals surface area contributed by atoms with Gasteiger partial charge in [0.05, 0.1) is 17.9 Å². The van der Waals surface area contributed by atoms with Crippen LogP contribution in [0.25, 0.3) is 11.4 Å². The number of aromatic nitrogens is 2. The lowest BCUT2D eigenvalue weighted by molar-refractivity contribution is 0.0915. The number of aromatic amines is 1. The van der Waals surface area contributed by atoms with E-state index in [1.165, 1.54) is 0 Å². The maximum atomic E-state index is 12.9. The second-order valence-electron chi connectivity index (χ2n) is 10.2. The minimum absolute atomic E-state index is 0.0766. The van der Waals surface area contributed by atoms with Crippen LogP contribution in [0.2, 0.25) is 0 Å². The minimum atomic E-state index is -0.291. The Balaban J connectivity index is 1.22. The number of H-pyrrole nitrogens is 1. The highest BCUT2D eigenvalue weighted by atomic mass is 79.9. The summed E-state index contributed by atoms with van der Waals surface area (Å²) < 4.78 is 12.9. The van der Waals surface area contributed by atoms with Gasteiger partial charge in [0.2, 0.25) is 0 Å². The first-order valence-corrected chi connectivity index (χ1v) is 13.3. The highest BCUT2D eigenvalue weighted by Crippen LogP contribution is 2.49. The number of ether oxygens (including phenoxy) is 2. The van der Waals surface area contributed by atoms with E-state index in [0.29, 0.717) is 6.54 Å². The van der Waals surface area contributed by atoms with Crippen molar-refractivity contribution in [2.75, 3.05) is 6.54 Å². The summed E-state index contributed by atoms with van der Waals surface area (Å²) in [6.07, 6.45) is 3.36. The summed E-state index contributed by atoms with van der Waals surface area (Å²) in [6, 6.07) is 22.1. The van der Waals surface area contributed by atoms with Gasteiger partial charge in [-0.05, 0) is 48.7 Å². The molecule has 1 fully saturated rings. The topological polar surface area (TPSA) is 67.4 Å². The van der Waals surface area contributed by atoms with E-state index >= 15 is 0 Å². The molecule has 1 saturated heterocycles. The first-order chi connectivity index (χ1) is 17.9. The largest absolute Gasteiger partial charge is 0.457 e. The monoisotopic (exact) mass is 557 g/mol. The van der Waals surface area contributed by atoms with Crippen molar-refractivity contribution in [3.05, 3.63) is 99.8 Å². The Morgan fingerprint density at radius 2 is 1.95 bits per heavy atom. The molecule has 0 aliphatic carbocycles. The number of hydrogen-bond donors (Lipinski definition) is 1. The van der Waals surface area contributed by atoms with Crippen molar-refractivity contribution in [3.63, 3.8) is 0 Å². The smallest absolute Gasteiger partial charge is 0.410 e. The van der Waals surface area contributed by atoms with Crippen molar-refractivity contribution >= 4 is 22.0 Å². The molecule has 0 radical (unpaired) electrons. The summed E-state index contributed by atoms with van der Waals surface area (Å²) >= 11 is 3.55. The lowest BCUT2D eigenvalue weighted by Crippen LogP contribution is -2.31. The van der Waals surface area contributed by atoms with E-state index in [1.54, 1.807) is 4.90 Å². The quantitative estimate of drug-likeness (QED) is 0.278. The SMILES string of the molecule is CC1(C)c2ccc(Br)cc2Oc2ccc(-c3ncc([C@@H]4CCCN4C(=O)OCc4ccccc4)[nH]3)cc21. The molecular weight excluding hydrogens is 530 g/mol. The molecule has 1 amide bonds. The Bertz CT molecular complexity index is 1460. The van der Waals surface area contributed by atoms with Crippen LogP contribution in [0.15, 0.2) is 77.4 Å². The molecule has 6 rings (SSSR count). The predicted molar refractivity (Wildman–Crippen MR) is 146 cm³/mol. The molecule has 1 N–H and O–H groups in total. The Morgan fingerprint density at radius 3 is 2.78 bits per heavy atom. The number of likely N-dealkylation sites (tertiary alicyclic amines) is 1. The number of fused-ring (bicyclic) bond motifs is 2. The molecule has 4 aromatic rings. The zero-order valence-electron chi connectivity index (χ0n) is 20.8. The third-order valence-corrected chi connectivity index (χ3v) is 7.90. The van der Waals surface area contributed by atoms with Crippen molar-refractivity contribution < 1.29 is 14.3 Å². The van der Waals surface area contributed by atoms with E-state index in [-0.39, 0.29) is 24.2 Å². The molecule has 0 unspecified atom stereocenters. The van der Waals surface area contributed by atoms with E-state index < -0.39 is 0 Å². The lowest BCUT2D eigenvalue weighted by Gasteiger charge is -2.34. The number of nitrogens with zero attached hydrogens (tertiary/aromatic N) is 2. The molecule has 0 spiro atoms. The number of carbonyl (C=O) groups excluding carboxylic acids is 1. The highest BCUT2D eigenvalue weighted by molar-refractivity contribution is 9.10. The van der Waals surface area contributed by atoms with E-state index in [0.717, 1.165) is 62.6 Å². The summed E-state index contributed by atoms with van der Waals surface area (Å²) in [5.41, 5.74) is 4.93. The van der Waals surface area contributed by atoms with Gasteiger partial charge in [0.15, 0.2) is 0 Å². The molecule has 3 aromatic carbocycles. The van der Waals surface area contributed by atoms with Gasteiger partial charge >= 0.3 is 6.09 Å². The van der Waals surface area contributed by atoms with Gasteiger partial charge in [-0.15, -0.1) is 0 Å². The summed E-state index contributed by atoms with van der Waals surface area (Å²) in [6.45, 7) is 5.38. The van der Waals surface area contributed by atoms with Crippen LogP contribution in [0.5, 0.6) is 11.5 Å². The third-order valence-electron chi connectivity index (χ3n) is 7.41. The molecule has 1 aromatic heterocycles. The second kappa shape index (κ2) is 9.38. The van der Waals surface area contributed by atoms with Gasteiger partial charge in [-0.2, -0.15) is 0 Å². The Labute approximate surface area is 224 Å². The van der Waals surface area contributed by atoms with Crippen LogP contribution in [0.3, 0.4) is 0 Å². The zero-order valence-corrected chi connectivity index (χ0v) is 22.4. The number of hydrogen-bond acceptors (Lipinski definition) is 4. The van der Waals surface area contributed by atoms with Crippen LogP contribution in [-0.4, -0.2) is 27.5 Å². The third kappa shape index (κ3) is 4.42. The van der Waals surface area contributed by atoms with Crippen LogP contribution >= 0.6 is 15.9 Å². The molecule has 3 heterocycles. The molecule has 6 nitrogen and oxygen atoms in total. The summed E-state index contributed by atoms with van der Waals surface area (Å²) in [4.78, 5) is 22.9. The molecule has 188 valence electrons. The molecule has 0 bridgehead atoms. The van der Waals surface area contributed by atoms with E-state index in [1.807, 2.05) is 54.7 Å². The van der Waals surface area contributed by atoms with Gasteiger partial charge in [-0.1, -0.05) is 66.2 Å². The molecule has 2 aliphatic rings. The van der Waals surface area contributed by atoms with Crippen molar-refractivity contribution in [1.29, 1.82) is 0 Å². The number of rotatable bonds is 4. The molecule has 7 heteroatoms. The fourth-order valence-corrected chi connectivity index (χ4v) is 5.72. The average Bonchev–Trinajstić information content (AvgIpc) is 3.58. The zero-order chi connectivity index (χ0) is 25.6. The average molecular weight is 558 g/mol. The van der Waals surface area contributed by atoms with Crippen molar-refractivity contribution in [2.24, 2.45) is 0 Å². The van der Waals surface area contributed by atoms with Crippen molar-refractivity contribution in [2.45, 2.75) is 44.8 Å².